The SMILES string of the molecule is Cc1cc2ncnn2cc1Nc1ncc2c(n1)c(N1CCOCC1)cc(=O)n2C12CC(C1)C2. The van der Waals surface area contributed by atoms with E-state index in [0.29, 0.717) is 19.2 Å². The lowest BCUT2D eigenvalue weighted by Crippen LogP contribution is -2.62. The fourth-order valence-electron chi connectivity index (χ4n) is 5.61. The number of nitrogens with one attached hydrogen (secondary N) is 1. The minimum Gasteiger partial charge on any atom is -0.378 e. The van der Waals surface area contributed by atoms with Crippen LogP contribution in [-0.2, 0) is 10.3 Å². The Morgan fingerprint density at radius 1 is 1.15 bits per heavy atom. The van der Waals surface area contributed by atoms with Crippen molar-refractivity contribution in [2.45, 2.75) is 31.7 Å². The highest BCUT2D eigenvalue weighted by Crippen LogP contribution is 2.62. The zero-order chi connectivity index (χ0) is 22.2. The lowest BCUT2D eigenvalue weighted by molar-refractivity contribution is -0.0880. The minimum absolute atomic E-state index is 0.0407. The summed E-state index contributed by atoms with van der Waals surface area (Å²) in [5.74, 6) is 1.25. The molecule has 4 aromatic heterocycles. The molecule has 0 aromatic carbocycles. The van der Waals surface area contributed by atoms with Crippen molar-refractivity contribution in [3.63, 3.8) is 0 Å². The second-order valence-corrected chi connectivity index (χ2v) is 9.49. The van der Waals surface area contributed by atoms with Crippen LogP contribution in [0.25, 0.3) is 16.7 Å². The van der Waals surface area contributed by atoms with E-state index < -0.39 is 0 Å². The highest BCUT2D eigenvalue weighted by atomic mass is 16.5. The molecule has 1 N–H and O–H groups in total. The van der Waals surface area contributed by atoms with Gasteiger partial charge >= 0.3 is 0 Å². The summed E-state index contributed by atoms with van der Waals surface area (Å²) in [6.45, 7) is 4.77. The Kier molecular flexibility index (Phi) is 3.88. The highest BCUT2D eigenvalue weighted by molar-refractivity contribution is 5.89. The number of pyridine rings is 2. The van der Waals surface area contributed by atoms with E-state index in [9.17, 15) is 4.79 Å². The van der Waals surface area contributed by atoms with Crippen LogP contribution in [0.15, 0.2) is 35.6 Å². The molecule has 33 heavy (non-hydrogen) atoms. The van der Waals surface area contributed by atoms with Gasteiger partial charge in [0.1, 0.15) is 11.8 Å². The zero-order valence-electron chi connectivity index (χ0n) is 18.4. The number of ether oxygens (including phenoxy) is 1. The summed E-state index contributed by atoms with van der Waals surface area (Å²) in [6.07, 6.45) is 8.46. The van der Waals surface area contributed by atoms with E-state index in [0.717, 1.165) is 71.9 Å². The third-order valence-electron chi connectivity index (χ3n) is 7.43. The van der Waals surface area contributed by atoms with E-state index in [1.54, 1.807) is 16.8 Å². The maximum Gasteiger partial charge on any atom is 0.253 e. The number of nitrogens with zero attached hydrogens (tertiary/aromatic N) is 7. The normalized spacial score (nSPS) is 24.0. The maximum atomic E-state index is 13.3. The molecule has 5 heterocycles. The van der Waals surface area contributed by atoms with E-state index in [-0.39, 0.29) is 11.1 Å². The molecule has 0 spiro atoms. The topological polar surface area (TPSA) is 102 Å². The molecule has 2 bridgehead atoms. The van der Waals surface area contributed by atoms with Gasteiger partial charge < -0.3 is 15.0 Å². The van der Waals surface area contributed by atoms with Crippen LogP contribution in [0.1, 0.15) is 24.8 Å². The third-order valence-corrected chi connectivity index (χ3v) is 7.43. The van der Waals surface area contributed by atoms with Gasteiger partial charge in [-0.15, -0.1) is 0 Å². The first kappa shape index (κ1) is 19.0. The molecule has 8 rings (SSSR count). The molecule has 4 aromatic rings. The van der Waals surface area contributed by atoms with Crippen molar-refractivity contribution in [1.29, 1.82) is 0 Å². The molecule has 3 aliphatic carbocycles. The van der Waals surface area contributed by atoms with E-state index in [1.165, 1.54) is 6.33 Å². The van der Waals surface area contributed by atoms with Crippen molar-refractivity contribution in [2.75, 3.05) is 36.5 Å². The molecule has 3 saturated carbocycles. The van der Waals surface area contributed by atoms with Crippen LogP contribution in [0.5, 0.6) is 0 Å². The molecular formula is C23H24N8O2. The van der Waals surface area contributed by atoms with Crippen molar-refractivity contribution in [3.05, 3.63) is 46.8 Å². The maximum absolute atomic E-state index is 13.3. The lowest BCUT2D eigenvalue weighted by Gasteiger charge is -2.62. The van der Waals surface area contributed by atoms with Gasteiger partial charge in [-0.3, -0.25) is 9.36 Å². The smallest absolute Gasteiger partial charge is 0.253 e. The molecule has 0 atom stereocenters. The summed E-state index contributed by atoms with van der Waals surface area (Å²) < 4.78 is 9.21. The molecule has 4 fully saturated rings. The van der Waals surface area contributed by atoms with Crippen LogP contribution in [0.4, 0.5) is 17.3 Å². The Balaban J connectivity index is 1.37. The van der Waals surface area contributed by atoms with Crippen molar-refractivity contribution < 1.29 is 4.74 Å². The van der Waals surface area contributed by atoms with Crippen LogP contribution < -0.4 is 15.8 Å². The van der Waals surface area contributed by atoms with Gasteiger partial charge in [-0.25, -0.2) is 19.5 Å². The summed E-state index contributed by atoms with van der Waals surface area (Å²) in [7, 11) is 0. The summed E-state index contributed by atoms with van der Waals surface area (Å²) in [4.78, 5) is 29.3. The van der Waals surface area contributed by atoms with E-state index in [1.807, 2.05) is 23.8 Å². The van der Waals surface area contributed by atoms with Crippen molar-refractivity contribution >= 4 is 34.0 Å². The second-order valence-electron chi connectivity index (χ2n) is 9.49. The Hall–Kier alpha value is -3.53. The first-order chi connectivity index (χ1) is 16.1. The third kappa shape index (κ3) is 2.80. The second kappa shape index (κ2) is 6.74. The lowest BCUT2D eigenvalue weighted by atomic mass is 9.49. The first-order valence-electron chi connectivity index (χ1n) is 11.4. The average Bonchev–Trinajstić information content (AvgIpc) is 3.21. The molecule has 0 unspecified atom stereocenters. The average molecular weight is 444 g/mol. The van der Waals surface area contributed by atoms with E-state index in [2.05, 4.69) is 25.3 Å². The van der Waals surface area contributed by atoms with Gasteiger partial charge in [-0.1, -0.05) is 0 Å². The number of hydrogen-bond acceptors (Lipinski definition) is 8. The molecule has 10 nitrogen and oxygen atoms in total. The number of aryl methyl sites for hydroxylation is 1. The Morgan fingerprint density at radius 2 is 1.97 bits per heavy atom. The summed E-state index contributed by atoms with van der Waals surface area (Å²) in [5.41, 5.74) is 5.13. The minimum atomic E-state index is -0.0451. The zero-order valence-corrected chi connectivity index (χ0v) is 18.4. The van der Waals surface area contributed by atoms with Gasteiger partial charge in [0.2, 0.25) is 5.95 Å². The molecule has 0 amide bonds. The molecule has 168 valence electrons. The van der Waals surface area contributed by atoms with Gasteiger partial charge in [0.25, 0.3) is 5.56 Å². The monoisotopic (exact) mass is 444 g/mol. The van der Waals surface area contributed by atoms with Gasteiger partial charge in [0, 0.05) is 24.7 Å². The number of fused-ring (bicyclic) bond motifs is 2. The molecular weight excluding hydrogens is 420 g/mol. The van der Waals surface area contributed by atoms with Crippen molar-refractivity contribution in [2.24, 2.45) is 5.92 Å². The van der Waals surface area contributed by atoms with Crippen molar-refractivity contribution in [1.82, 2.24) is 29.1 Å². The first-order valence-corrected chi connectivity index (χ1v) is 11.4. The van der Waals surface area contributed by atoms with Gasteiger partial charge in [0.05, 0.1) is 42.5 Å². The fourth-order valence-corrected chi connectivity index (χ4v) is 5.61. The van der Waals surface area contributed by atoms with Crippen molar-refractivity contribution in [3.8, 4) is 0 Å². The van der Waals surface area contributed by atoms with Gasteiger partial charge in [-0.05, 0) is 43.7 Å². The largest absolute Gasteiger partial charge is 0.378 e. The Labute approximate surface area is 189 Å². The van der Waals surface area contributed by atoms with Crippen LogP contribution in [0.3, 0.4) is 0 Å². The standard InChI is InChI=1S/C23H24N8O2/c1-14-6-19-25-13-26-30(19)12-16(14)27-22-24-11-18-21(28-22)17(29-2-4-33-5-3-29)7-20(32)31(18)23-8-15(9-23)10-23/h6-7,11-13,15H,2-5,8-10H2,1H3,(H,24,27,28). The number of morpholine rings is 1. The molecule has 10 heteroatoms. The number of aromatic nitrogens is 6. The summed E-state index contributed by atoms with van der Waals surface area (Å²) in [6, 6.07) is 3.73. The van der Waals surface area contributed by atoms with Crippen LogP contribution in [-0.4, -0.2) is 55.4 Å². The summed E-state index contributed by atoms with van der Waals surface area (Å²) in [5, 5.41) is 7.57. The van der Waals surface area contributed by atoms with Gasteiger partial charge in [-0.2, -0.15) is 5.10 Å². The van der Waals surface area contributed by atoms with Crippen LogP contribution in [0, 0.1) is 12.8 Å². The van der Waals surface area contributed by atoms with Crippen LogP contribution >= 0.6 is 0 Å². The number of anilines is 3. The van der Waals surface area contributed by atoms with Crippen LogP contribution in [0.2, 0.25) is 0 Å². The quantitative estimate of drug-likeness (QED) is 0.511. The predicted octanol–water partition coefficient (Wildman–Crippen LogP) is 2.23. The molecule has 4 aliphatic rings. The van der Waals surface area contributed by atoms with E-state index in [4.69, 9.17) is 9.72 Å². The fraction of sp³-hybridized carbons (Fsp3) is 0.435. The summed E-state index contributed by atoms with van der Waals surface area (Å²) >= 11 is 0. The highest BCUT2D eigenvalue weighted by Gasteiger charge is 2.58. The Bertz CT molecular complexity index is 1450. The van der Waals surface area contributed by atoms with E-state index >= 15 is 0 Å². The predicted molar refractivity (Wildman–Crippen MR) is 123 cm³/mol. The Morgan fingerprint density at radius 3 is 2.73 bits per heavy atom. The van der Waals surface area contributed by atoms with Gasteiger partial charge in [0.15, 0.2) is 5.65 Å². The molecule has 1 saturated heterocycles. The molecule has 0 radical (unpaired) electrons. The number of rotatable bonds is 4. The number of hydrogen-bond donors (Lipinski definition) is 1. The molecule has 1 aliphatic heterocycles.